The van der Waals surface area contributed by atoms with Gasteiger partial charge in [0.25, 0.3) is 0 Å². The van der Waals surface area contributed by atoms with Crippen LogP contribution in [-0.2, 0) is 0 Å². The zero-order valence-electron chi connectivity index (χ0n) is 8.39. The molecule has 3 rings (SSSR count). The Balaban J connectivity index is 2.16. The SMILES string of the molecule is Clc1ccc2nc(-c3noc(Cl)n3)ccc2c1. The fraction of sp³-hybridized carbons (Fsp3) is 0. The number of pyridine rings is 1. The lowest BCUT2D eigenvalue weighted by molar-refractivity contribution is 0.420. The van der Waals surface area contributed by atoms with E-state index in [1.165, 1.54) is 0 Å². The van der Waals surface area contributed by atoms with E-state index in [0.29, 0.717) is 16.5 Å². The maximum Gasteiger partial charge on any atom is 0.320 e. The first-order chi connectivity index (χ1) is 8.22. The van der Waals surface area contributed by atoms with Gasteiger partial charge >= 0.3 is 5.35 Å². The summed E-state index contributed by atoms with van der Waals surface area (Å²) in [4.78, 5) is 8.30. The number of hydrogen-bond acceptors (Lipinski definition) is 4. The van der Waals surface area contributed by atoms with E-state index in [9.17, 15) is 0 Å². The van der Waals surface area contributed by atoms with Crippen molar-refractivity contribution in [3.05, 3.63) is 40.7 Å². The van der Waals surface area contributed by atoms with Gasteiger partial charge in [0.1, 0.15) is 5.69 Å². The molecule has 84 valence electrons. The Morgan fingerprint density at radius 3 is 2.65 bits per heavy atom. The lowest BCUT2D eigenvalue weighted by atomic mass is 10.2. The van der Waals surface area contributed by atoms with Crippen molar-refractivity contribution < 1.29 is 4.52 Å². The first-order valence-electron chi connectivity index (χ1n) is 4.78. The third-order valence-electron chi connectivity index (χ3n) is 2.28. The van der Waals surface area contributed by atoms with E-state index < -0.39 is 0 Å². The Morgan fingerprint density at radius 1 is 1.00 bits per heavy atom. The molecule has 0 aliphatic carbocycles. The van der Waals surface area contributed by atoms with Crippen LogP contribution in [0.25, 0.3) is 22.4 Å². The fourth-order valence-corrected chi connectivity index (χ4v) is 1.83. The number of aromatic nitrogens is 3. The predicted octanol–water partition coefficient (Wildman–Crippen LogP) is 3.59. The van der Waals surface area contributed by atoms with Gasteiger partial charge in [0.2, 0.25) is 5.82 Å². The van der Waals surface area contributed by atoms with Crippen LogP contribution in [0.3, 0.4) is 0 Å². The topological polar surface area (TPSA) is 51.8 Å². The summed E-state index contributed by atoms with van der Waals surface area (Å²) in [7, 11) is 0. The van der Waals surface area contributed by atoms with Crippen LogP contribution in [0, 0.1) is 0 Å². The molecule has 0 spiro atoms. The van der Waals surface area contributed by atoms with Crippen molar-refractivity contribution in [1.29, 1.82) is 0 Å². The molecule has 0 N–H and O–H groups in total. The zero-order chi connectivity index (χ0) is 11.8. The second kappa shape index (κ2) is 3.98. The Kier molecular flexibility index (Phi) is 2.46. The lowest BCUT2D eigenvalue weighted by Crippen LogP contribution is -1.86. The molecule has 0 saturated carbocycles. The molecule has 0 atom stereocenters. The summed E-state index contributed by atoms with van der Waals surface area (Å²) in [5.41, 5.74) is 1.42. The van der Waals surface area contributed by atoms with Crippen molar-refractivity contribution in [2.45, 2.75) is 0 Å². The maximum absolute atomic E-state index is 5.89. The Bertz CT molecular complexity index is 696. The smallest absolute Gasteiger partial charge is 0.320 e. The Morgan fingerprint density at radius 2 is 1.88 bits per heavy atom. The van der Waals surface area contributed by atoms with Gasteiger partial charge in [0.15, 0.2) is 0 Å². The molecule has 0 aliphatic heterocycles. The highest BCUT2D eigenvalue weighted by molar-refractivity contribution is 6.31. The van der Waals surface area contributed by atoms with Gasteiger partial charge in [-0.3, -0.25) is 0 Å². The quantitative estimate of drug-likeness (QED) is 0.675. The molecular formula is C11H5Cl2N3O. The lowest BCUT2D eigenvalue weighted by Gasteiger charge is -1.99. The number of halogens is 2. The van der Waals surface area contributed by atoms with Crippen LogP contribution in [0.4, 0.5) is 0 Å². The largest absolute Gasteiger partial charge is 0.321 e. The van der Waals surface area contributed by atoms with Gasteiger partial charge in [-0.25, -0.2) is 4.98 Å². The van der Waals surface area contributed by atoms with Crippen molar-refractivity contribution in [1.82, 2.24) is 15.1 Å². The van der Waals surface area contributed by atoms with Crippen LogP contribution >= 0.6 is 23.2 Å². The minimum Gasteiger partial charge on any atom is -0.321 e. The molecule has 0 unspecified atom stereocenters. The Labute approximate surface area is 106 Å². The number of fused-ring (bicyclic) bond motifs is 1. The van der Waals surface area contributed by atoms with Crippen LogP contribution in [0.1, 0.15) is 0 Å². The van der Waals surface area contributed by atoms with Crippen LogP contribution in [0.5, 0.6) is 0 Å². The van der Waals surface area contributed by atoms with Gasteiger partial charge in [0.05, 0.1) is 5.52 Å². The zero-order valence-corrected chi connectivity index (χ0v) is 9.90. The van der Waals surface area contributed by atoms with E-state index >= 15 is 0 Å². The number of hydrogen-bond donors (Lipinski definition) is 0. The summed E-state index contributed by atoms with van der Waals surface area (Å²) in [5.74, 6) is 0.367. The standard InChI is InChI=1S/C11H5Cl2N3O/c12-7-2-4-8-6(5-7)1-3-9(14-8)10-15-11(13)17-16-10/h1-5H. The molecule has 0 radical (unpaired) electrons. The molecule has 0 saturated heterocycles. The van der Waals surface area contributed by atoms with Gasteiger partial charge < -0.3 is 4.52 Å². The van der Waals surface area contributed by atoms with Crippen molar-refractivity contribution in [3.8, 4) is 11.5 Å². The van der Waals surface area contributed by atoms with Gasteiger partial charge in [-0.2, -0.15) is 4.98 Å². The predicted molar refractivity (Wildman–Crippen MR) is 65.1 cm³/mol. The molecule has 1 aromatic carbocycles. The second-order valence-electron chi connectivity index (χ2n) is 3.40. The third kappa shape index (κ3) is 1.97. The van der Waals surface area contributed by atoms with Gasteiger partial charge in [0, 0.05) is 10.4 Å². The average molecular weight is 266 g/mol. The summed E-state index contributed by atoms with van der Waals surface area (Å²) >= 11 is 11.5. The van der Waals surface area contributed by atoms with Crippen molar-refractivity contribution in [2.75, 3.05) is 0 Å². The summed E-state index contributed by atoms with van der Waals surface area (Å²) in [6.07, 6.45) is 0. The second-order valence-corrected chi connectivity index (χ2v) is 4.16. The van der Waals surface area contributed by atoms with Gasteiger partial charge in [-0.15, -0.1) is 0 Å². The molecular weight excluding hydrogens is 261 g/mol. The molecule has 4 nitrogen and oxygen atoms in total. The summed E-state index contributed by atoms with van der Waals surface area (Å²) in [6, 6.07) is 9.15. The first-order valence-corrected chi connectivity index (χ1v) is 5.54. The van der Waals surface area contributed by atoms with E-state index in [4.69, 9.17) is 27.7 Å². The molecule has 2 heterocycles. The maximum atomic E-state index is 5.89. The molecule has 3 aromatic rings. The van der Waals surface area contributed by atoms with Crippen LogP contribution in [-0.4, -0.2) is 15.1 Å². The van der Waals surface area contributed by atoms with E-state index in [2.05, 4.69) is 15.1 Å². The molecule has 0 bridgehead atoms. The fourth-order valence-electron chi connectivity index (χ4n) is 1.53. The third-order valence-corrected chi connectivity index (χ3v) is 2.67. The monoisotopic (exact) mass is 265 g/mol. The van der Waals surface area contributed by atoms with Gasteiger partial charge in [-0.05, 0) is 35.9 Å². The van der Waals surface area contributed by atoms with Crippen LogP contribution < -0.4 is 0 Å². The summed E-state index contributed by atoms with van der Waals surface area (Å²) < 4.78 is 4.69. The first kappa shape index (κ1) is 10.5. The highest BCUT2D eigenvalue weighted by Gasteiger charge is 2.08. The van der Waals surface area contributed by atoms with E-state index in [1.54, 1.807) is 12.1 Å². The molecule has 0 aliphatic rings. The normalized spacial score (nSPS) is 10.9. The van der Waals surface area contributed by atoms with Gasteiger partial charge in [-0.1, -0.05) is 22.8 Å². The highest BCUT2D eigenvalue weighted by atomic mass is 35.5. The van der Waals surface area contributed by atoms with E-state index in [0.717, 1.165) is 10.9 Å². The van der Waals surface area contributed by atoms with Crippen LogP contribution in [0.2, 0.25) is 10.4 Å². The number of rotatable bonds is 1. The molecule has 17 heavy (non-hydrogen) atoms. The summed E-state index contributed by atoms with van der Waals surface area (Å²) in [6.45, 7) is 0. The molecule has 0 amide bonds. The van der Waals surface area contributed by atoms with Crippen molar-refractivity contribution >= 4 is 34.1 Å². The van der Waals surface area contributed by atoms with Crippen LogP contribution in [0.15, 0.2) is 34.9 Å². The highest BCUT2D eigenvalue weighted by Crippen LogP contribution is 2.22. The molecule has 6 heteroatoms. The van der Waals surface area contributed by atoms with E-state index in [-0.39, 0.29) is 5.35 Å². The van der Waals surface area contributed by atoms with Crippen molar-refractivity contribution in [3.63, 3.8) is 0 Å². The average Bonchev–Trinajstić information content (AvgIpc) is 2.75. The minimum atomic E-state index is -0.00185. The molecule has 2 aromatic heterocycles. The minimum absolute atomic E-state index is 0.00185. The summed E-state index contributed by atoms with van der Waals surface area (Å²) in [5, 5.41) is 5.33. The van der Waals surface area contributed by atoms with E-state index in [1.807, 2.05) is 18.2 Å². The molecule has 0 fully saturated rings. The number of benzene rings is 1. The Hall–Kier alpha value is -1.65. The number of nitrogens with zero attached hydrogens (tertiary/aromatic N) is 3. The van der Waals surface area contributed by atoms with Crippen molar-refractivity contribution in [2.24, 2.45) is 0 Å².